The summed E-state index contributed by atoms with van der Waals surface area (Å²) in [6, 6.07) is 0. The van der Waals surface area contributed by atoms with E-state index in [1.165, 1.54) is 6.08 Å². The maximum Gasteiger partial charge on any atom is 0.383 e. The van der Waals surface area contributed by atoms with Crippen LogP contribution in [0.4, 0.5) is 0 Å². The van der Waals surface area contributed by atoms with E-state index in [4.69, 9.17) is 4.89 Å². The molecule has 0 fully saturated rings. The van der Waals surface area contributed by atoms with E-state index in [2.05, 4.69) is 23.4 Å². The standard InChI is InChI=1S/C3H7O3PS/c1-2-3-6-7(4,5)8/h2H,1,3H2,(H2,4,5,8). The van der Waals surface area contributed by atoms with Crippen molar-refractivity contribution in [1.29, 1.82) is 0 Å². The fourth-order valence-corrected chi connectivity index (χ4v) is 0.649. The molecule has 0 aliphatic heterocycles. The molecule has 0 saturated carbocycles. The van der Waals surface area contributed by atoms with Gasteiger partial charge in [-0.25, -0.2) is 4.57 Å². The summed E-state index contributed by atoms with van der Waals surface area (Å²) >= 11 is 3.23. The molecule has 0 aromatic rings. The van der Waals surface area contributed by atoms with Crippen molar-refractivity contribution in [1.82, 2.24) is 0 Å². The third-order valence-corrected chi connectivity index (χ3v) is 1.19. The van der Waals surface area contributed by atoms with Crippen molar-refractivity contribution in [2.75, 3.05) is 6.61 Å². The minimum absolute atomic E-state index is 0.0529. The predicted molar refractivity (Wildman–Crippen MR) is 35.0 cm³/mol. The molecule has 8 heavy (non-hydrogen) atoms. The molecule has 5 heteroatoms. The van der Waals surface area contributed by atoms with E-state index in [0.29, 0.717) is 0 Å². The van der Waals surface area contributed by atoms with Crippen LogP contribution >= 0.6 is 19.0 Å². The van der Waals surface area contributed by atoms with E-state index in [1.807, 2.05) is 0 Å². The van der Waals surface area contributed by atoms with Gasteiger partial charge in [0.25, 0.3) is 0 Å². The zero-order chi connectivity index (χ0) is 6.62. The molecule has 1 atom stereocenters. The second-order valence-corrected chi connectivity index (χ2v) is 3.83. The Morgan fingerprint density at radius 3 is 2.62 bits per heavy atom. The Bertz CT molecular complexity index is 118. The lowest BCUT2D eigenvalue weighted by Crippen LogP contribution is -1.81. The van der Waals surface area contributed by atoms with E-state index in [9.17, 15) is 4.57 Å². The van der Waals surface area contributed by atoms with Crippen LogP contribution in [-0.2, 0) is 9.09 Å². The average molecular weight is 154 g/mol. The van der Waals surface area contributed by atoms with Gasteiger partial charge in [-0.15, -0.1) is 6.58 Å². The fraction of sp³-hybridized carbons (Fsp3) is 0.333. The molecular formula is C3H7O3PS. The normalized spacial score (nSPS) is 17.2. The van der Waals surface area contributed by atoms with Gasteiger partial charge in [-0.05, 0) is 0 Å². The topological polar surface area (TPSA) is 46.5 Å². The summed E-state index contributed by atoms with van der Waals surface area (Å²) in [5.74, 6) is 0. The van der Waals surface area contributed by atoms with Crippen molar-refractivity contribution in [3.8, 4) is 0 Å². The lowest BCUT2D eigenvalue weighted by atomic mass is 10.7. The molecule has 0 heterocycles. The van der Waals surface area contributed by atoms with E-state index in [1.54, 1.807) is 0 Å². The minimum Gasteiger partial charge on any atom is -0.317 e. The van der Waals surface area contributed by atoms with Crippen LogP contribution in [0.25, 0.3) is 0 Å². The largest absolute Gasteiger partial charge is 0.383 e. The molecule has 0 spiro atoms. The van der Waals surface area contributed by atoms with Gasteiger partial charge in [0, 0.05) is 0 Å². The summed E-state index contributed by atoms with van der Waals surface area (Å²) < 4.78 is 14.4. The second kappa shape index (κ2) is 3.30. The zero-order valence-corrected chi connectivity index (χ0v) is 5.94. The Balaban J connectivity index is 3.40. The Hall–Kier alpha value is 0.240. The first-order valence-corrected chi connectivity index (χ1v) is 4.60. The van der Waals surface area contributed by atoms with Crippen LogP contribution < -0.4 is 0 Å². The summed E-state index contributed by atoms with van der Waals surface area (Å²) in [7, 11) is 0. The van der Waals surface area contributed by atoms with Crippen molar-refractivity contribution >= 4 is 19.0 Å². The Labute approximate surface area is 53.1 Å². The highest BCUT2D eigenvalue weighted by atomic mass is 32.7. The number of rotatable bonds is 3. The van der Waals surface area contributed by atoms with E-state index in [0.717, 1.165) is 0 Å². The Morgan fingerprint density at radius 2 is 2.50 bits per heavy atom. The maximum absolute atomic E-state index is 10.1. The maximum atomic E-state index is 10.1. The first kappa shape index (κ1) is 8.24. The van der Waals surface area contributed by atoms with Crippen LogP contribution in [0.2, 0.25) is 0 Å². The van der Waals surface area contributed by atoms with E-state index < -0.39 is 6.80 Å². The van der Waals surface area contributed by atoms with Crippen LogP contribution in [0, 0.1) is 0 Å². The van der Waals surface area contributed by atoms with Gasteiger partial charge in [0.1, 0.15) is 0 Å². The van der Waals surface area contributed by atoms with Gasteiger partial charge < -0.3 is 4.89 Å². The van der Waals surface area contributed by atoms with Crippen molar-refractivity contribution < 1.29 is 14.0 Å². The first-order valence-electron chi connectivity index (χ1n) is 1.87. The predicted octanol–water partition coefficient (Wildman–Crippen LogP) is 1.22. The molecular weight excluding hydrogens is 147 g/mol. The molecule has 0 radical (unpaired) electrons. The van der Waals surface area contributed by atoms with Crippen molar-refractivity contribution in [2.45, 2.75) is 0 Å². The fourth-order valence-electron chi connectivity index (χ4n) is 0.150. The van der Waals surface area contributed by atoms with Crippen molar-refractivity contribution in [3.63, 3.8) is 0 Å². The van der Waals surface area contributed by atoms with Gasteiger partial charge in [-0.2, -0.15) is 0 Å². The quantitative estimate of drug-likeness (QED) is 0.365. The Morgan fingerprint density at radius 1 is 2.00 bits per heavy atom. The number of hydrogen-bond acceptors (Lipinski definition) is 2. The third-order valence-electron chi connectivity index (χ3n) is 0.361. The molecule has 0 aliphatic rings. The smallest absolute Gasteiger partial charge is 0.317 e. The number of thiol groups is 1. The van der Waals surface area contributed by atoms with Crippen LogP contribution in [-0.4, -0.2) is 11.5 Å². The van der Waals surface area contributed by atoms with Crippen molar-refractivity contribution in [3.05, 3.63) is 12.7 Å². The summed E-state index contributed by atoms with van der Waals surface area (Å²) in [6.07, 6.45) is 1.37. The SMILES string of the molecule is C=CCOP(=O)(O)S. The lowest BCUT2D eigenvalue weighted by Gasteiger charge is -1.99. The molecule has 0 aliphatic carbocycles. The summed E-state index contributed by atoms with van der Waals surface area (Å²) in [4.78, 5) is 8.30. The number of hydrogen-bond donors (Lipinski definition) is 2. The molecule has 3 nitrogen and oxygen atoms in total. The zero-order valence-electron chi connectivity index (χ0n) is 4.15. The highest BCUT2D eigenvalue weighted by Gasteiger charge is 2.08. The molecule has 0 rings (SSSR count). The molecule has 0 amide bonds. The molecule has 0 bridgehead atoms. The summed E-state index contributed by atoms with van der Waals surface area (Å²) in [5.41, 5.74) is 0. The van der Waals surface area contributed by atoms with Crippen LogP contribution in [0.3, 0.4) is 0 Å². The van der Waals surface area contributed by atoms with Gasteiger partial charge >= 0.3 is 6.80 Å². The monoisotopic (exact) mass is 154 g/mol. The molecule has 0 aromatic carbocycles. The van der Waals surface area contributed by atoms with E-state index in [-0.39, 0.29) is 6.61 Å². The molecule has 1 N–H and O–H groups in total. The van der Waals surface area contributed by atoms with Crippen LogP contribution in [0.1, 0.15) is 0 Å². The van der Waals surface area contributed by atoms with Gasteiger partial charge in [-0.1, -0.05) is 18.3 Å². The van der Waals surface area contributed by atoms with Crippen LogP contribution in [0.15, 0.2) is 12.7 Å². The Kier molecular flexibility index (Phi) is 3.40. The van der Waals surface area contributed by atoms with E-state index >= 15 is 0 Å². The molecule has 0 aromatic heterocycles. The second-order valence-electron chi connectivity index (χ2n) is 1.08. The van der Waals surface area contributed by atoms with Gasteiger partial charge in [0.15, 0.2) is 0 Å². The van der Waals surface area contributed by atoms with Gasteiger partial charge in [-0.3, -0.25) is 4.52 Å². The first-order chi connectivity index (χ1) is 3.56. The lowest BCUT2D eigenvalue weighted by molar-refractivity contribution is 0.306. The average Bonchev–Trinajstić information content (AvgIpc) is 1.59. The van der Waals surface area contributed by atoms with Gasteiger partial charge in [0.2, 0.25) is 0 Å². The van der Waals surface area contributed by atoms with Gasteiger partial charge in [0.05, 0.1) is 6.61 Å². The minimum atomic E-state index is -3.56. The van der Waals surface area contributed by atoms with Crippen LogP contribution in [0.5, 0.6) is 0 Å². The highest BCUT2D eigenvalue weighted by Crippen LogP contribution is 2.46. The highest BCUT2D eigenvalue weighted by molar-refractivity contribution is 8.44. The third kappa shape index (κ3) is 6.24. The summed E-state index contributed by atoms with van der Waals surface area (Å²) in [6.45, 7) is -0.234. The summed E-state index contributed by atoms with van der Waals surface area (Å²) in [5, 5.41) is 0. The molecule has 1 unspecified atom stereocenters. The molecule has 48 valence electrons. The van der Waals surface area contributed by atoms with Crippen molar-refractivity contribution in [2.24, 2.45) is 0 Å². The molecule has 0 saturated heterocycles.